The number of aliphatic hydroxyl groups excluding tert-OH is 1. The molecule has 0 fully saturated rings. The summed E-state index contributed by atoms with van der Waals surface area (Å²) in [6.45, 7) is 4.33. The maximum atomic E-state index is 13.5. The number of rotatable bonds is 7. The first-order valence-corrected chi connectivity index (χ1v) is 13.2. The minimum atomic E-state index is -3.74. The second-order valence-corrected chi connectivity index (χ2v) is 11.4. The molecule has 3 rings (SSSR count). The summed E-state index contributed by atoms with van der Waals surface area (Å²) in [6.07, 6.45) is 0.953. The third-order valence-corrected chi connectivity index (χ3v) is 7.88. The monoisotopic (exact) mass is 514 g/mol. The Kier molecular flexibility index (Phi) is 9.08. The zero-order valence-corrected chi connectivity index (χ0v) is 22.2. The van der Waals surface area contributed by atoms with Crippen molar-refractivity contribution in [3.8, 4) is 17.7 Å². The average Bonchev–Trinajstić information content (AvgIpc) is 2.86. The van der Waals surface area contributed by atoms with Gasteiger partial charge >= 0.3 is 0 Å². The van der Waals surface area contributed by atoms with Gasteiger partial charge in [-0.1, -0.05) is 37.0 Å². The van der Waals surface area contributed by atoms with E-state index in [1.54, 1.807) is 54.4 Å². The number of aromatic nitrogens is 1. The molecule has 3 atom stereocenters. The van der Waals surface area contributed by atoms with Crippen LogP contribution < -0.4 is 4.74 Å². The van der Waals surface area contributed by atoms with Crippen molar-refractivity contribution < 1.29 is 23.1 Å². The molecule has 0 bridgehead atoms. The van der Waals surface area contributed by atoms with Gasteiger partial charge in [0.1, 0.15) is 11.7 Å². The summed E-state index contributed by atoms with van der Waals surface area (Å²) in [5.41, 5.74) is 0.801. The first-order valence-electron chi connectivity index (χ1n) is 11.8. The third-order valence-electron chi connectivity index (χ3n) is 6.04. The minimum Gasteiger partial charge on any atom is -0.472 e. The van der Waals surface area contributed by atoms with Crippen molar-refractivity contribution >= 4 is 15.9 Å². The van der Waals surface area contributed by atoms with Crippen molar-refractivity contribution in [2.24, 2.45) is 5.92 Å². The lowest BCUT2D eigenvalue weighted by molar-refractivity contribution is 0.0373. The third kappa shape index (κ3) is 6.42. The zero-order chi connectivity index (χ0) is 26.5. The summed E-state index contributed by atoms with van der Waals surface area (Å²) in [6, 6.07) is 9.40. The number of ether oxygens (including phenoxy) is 1. The van der Waals surface area contributed by atoms with Crippen molar-refractivity contribution in [3.05, 3.63) is 53.7 Å². The molecule has 0 spiro atoms. The Hall–Kier alpha value is -2.97. The van der Waals surface area contributed by atoms with E-state index < -0.39 is 22.2 Å². The molecule has 194 valence electrons. The van der Waals surface area contributed by atoms with Gasteiger partial charge in [0, 0.05) is 31.3 Å². The molecule has 0 saturated carbocycles. The van der Waals surface area contributed by atoms with E-state index >= 15 is 0 Å². The van der Waals surface area contributed by atoms with E-state index in [9.17, 15) is 18.3 Å². The molecule has 1 aliphatic rings. The molecule has 2 aromatic rings. The van der Waals surface area contributed by atoms with Gasteiger partial charge in [-0.05, 0) is 39.2 Å². The predicted molar refractivity (Wildman–Crippen MR) is 137 cm³/mol. The Balaban J connectivity index is 1.97. The number of nitrogens with zero attached hydrogens (tertiary/aromatic N) is 4. The SMILES string of the molecule is C[C@H](CO)N1C[C@H](C)[C@H](CN(C)S(=O)(=O)c2ccccc2)Oc2ncc(C#CCN(C)C)cc2C1=O. The molecule has 36 heavy (non-hydrogen) atoms. The fourth-order valence-corrected chi connectivity index (χ4v) is 5.02. The number of sulfonamides is 1. The van der Waals surface area contributed by atoms with Crippen LogP contribution in [0.4, 0.5) is 0 Å². The summed E-state index contributed by atoms with van der Waals surface area (Å²) < 4.78 is 33.7. The first kappa shape index (κ1) is 27.6. The van der Waals surface area contributed by atoms with Crippen molar-refractivity contribution in [1.29, 1.82) is 0 Å². The number of aliphatic hydroxyl groups is 1. The molecule has 1 aliphatic heterocycles. The molecule has 0 saturated heterocycles. The van der Waals surface area contributed by atoms with Crippen LogP contribution in [0.5, 0.6) is 5.88 Å². The Morgan fingerprint density at radius 2 is 1.94 bits per heavy atom. The number of hydrogen-bond acceptors (Lipinski definition) is 7. The Morgan fingerprint density at radius 3 is 2.58 bits per heavy atom. The van der Waals surface area contributed by atoms with E-state index in [0.29, 0.717) is 12.1 Å². The van der Waals surface area contributed by atoms with Gasteiger partial charge in [-0.2, -0.15) is 4.31 Å². The normalized spacial score (nSPS) is 19.1. The van der Waals surface area contributed by atoms with Crippen molar-refractivity contribution in [3.63, 3.8) is 0 Å². The number of benzene rings is 1. The number of carbonyl (C=O) groups excluding carboxylic acids is 1. The molecule has 0 unspecified atom stereocenters. The maximum Gasteiger partial charge on any atom is 0.259 e. The highest BCUT2D eigenvalue weighted by atomic mass is 32.2. The number of pyridine rings is 1. The topological polar surface area (TPSA) is 103 Å². The van der Waals surface area contributed by atoms with Crippen molar-refractivity contribution in [2.75, 3.05) is 47.4 Å². The van der Waals surface area contributed by atoms with Crippen LogP contribution in [-0.4, -0.2) is 98.1 Å². The van der Waals surface area contributed by atoms with Gasteiger partial charge in [0.15, 0.2) is 0 Å². The highest BCUT2D eigenvalue weighted by Crippen LogP contribution is 2.28. The van der Waals surface area contributed by atoms with Crippen LogP contribution in [0, 0.1) is 17.8 Å². The van der Waals surface area contributed by atoms with Gasteiger partial charge in [-0.3, -0.25) is 9.69 Å². The van der Waals surface area contributed by atoms with Gasteiger partial charge in [-0.15, -0.1) is 0 Å². The number of amides is 1. The lowest BCUT2D eigenvalue weighted by Gasteiger charge is -2.37. The molecule has 2 heterocycles. The highest BCUT2D eigenvalue weighted by Gasteiger charge is 2.35. The standard InChI is InChI=1S/C26H34N4O5S/c1-19-16-30(20(2)18-31)26(32)23-14-21(10-9-13-28(3)4)15-27-25(23)35-24(19)17-29(5)36(33,34)22-11-7-6-8-12-22/h6-8,11-12,14-15,19-20,24,31H,13,16-18H2,1-5H3/t19-,20+,24-/m0/s1. The van der Waals surface area contributed by atoms with Crippen LogP contribution in [0.3, 0.4) is 0 Å². The molecule has 1 aromatic carbocycles. The molecule has 0 radical (unpaired) electrons. The smallest absolute Gasteiger partial charge is 0.259 e. The predicted octanol–water partition coefficient (Wildman–Crippen LogP) is 1.54. The summed E-state index contributed by atoms with van der Waals surface area (Å²) in [7, 11) is 1.59. The Morgan fingerprint density at radius 1 is 1.25 bits per heavy atom. The Labute approximate surface area is 213 Å². The van der Waals surface area contributed by atoms with Crippen LogP contribution in [0.25, 0.3) is 0 Å². The number of fused-ring (bicyclic) bond motifs is 1. The highest BCUT2D eigenvalue weighted by molar-refractivity contribution is 7.89. The van der Waals surface area contributed by atoms with E-state index in [2.05, 4.69) is 16.8 Å². The lowest BCUT2D eigenvalue weighted by Crippen LogP contribution is -2.50. The van der Waals surface area contributed by atoms with Crippen LogP contribution in [-0.2, 0) is 10.0 Å². The maximum absolute atomic E-state index is 13.5. The van der Waals surface area contributed by atoms with Gasteiger partial charge in [0.2, 0.25) is 15.9 Å². The second kappa shape index (κ2) is 11.8. The molecule has 10 heteroatoms. The summed E-state index contributed by atoms with van der Waals surface area (Å²) in [5.74, 6) is 5.60. The number of hydrogen-bond donors (Lipinski definition) is 1. The first-order chi connectivity index (χ1) is 17.0. The molecule has 1 N–H and O–H groups in total. The van der Waals surface area contributed by atoms with E-state index in [4.69, 9.17) is 4.74 Å². The van der Waals surface area contributed by atoms with Crippen molar-refractivity contribution in [1.82, 2.24) is 19.1 Å². The number of likely N-dealkylation sites (N-methyl/N-ethyl adjacent to an activating group) is 1. The fourth-order valence-electron chi connectivity index (χ4n) is 3.81. The average molecular weight is 515 g/mol. The Bertz CT molecular complexity index is 1220. The van der Waals surface area contributed by atoms with Crippen LogP contribution in [0.2, 0.25) is 0 Å². The molecular formula is C26H34N4O5S. The molecule has 1 aromatic heterocycles. The van der Waals surface area contributed by atoms with Crippen LogP contribution in [0.1, 0.15) is 29.8 Å². The zero-order valence-electron chi connectivity index (χ0n) is 21.4. The fraction of sp³-hybridized carbons (Fsp3) is 0.462. The van der Waals surface area contributed by atoms with Gasteiger partial charge < -0.3 is 14.7 Å². The largest absolute Gasteiger partial charge is 0.472 e. The number of carbonyl (C=O) groups is 1. The van der Waals surface area contributed by atoms with Crippen LogP contribution >= 0.6 is 0 Å². The molecule has 0 aliphatic carbocycles. The minimum absolute atomic E-state index is 0.0550. The molecular weight excluding hydrogens is 480 g/mol. The lowest BCUT2D eigenvalue weighted by atomic mass is 10.0. The summed E-state index contributed by atoms with van der Waals surface area (Å²) >= 11 is 0. The second-order valence-electron chi connectivity index (χ2n) is 9.34. The summed E-state index contributed by atoms with van der Waals surface area (Å²) in [5, 5.41) is 9.81. The summed E-state index contributed by atoms with van der Waals surface area (Å²) in [4.78, 5) is 21.6. The quantitative estimate of drug-likeness (QED) is 0.559. The molecule has 1 amide bonds. The van der Waals surface area contributed by atoms with E-state index in [1.165, 1.54) is 11.4 Å². The van der Waals surface area contributed by atoms with E-state index in [1.807, 2.05) is 25.9 Å². The molecule has 9 nitrogen and oxygen atoms in total. The van der Waals surface area contributed by atoms with E-state index in [0.717, 1.165) is 0 Å². The van der Waals surface area contributed by atoms with Gasteiger partial charge in [0.05, 0.1) is 30.6 Å². The van der Waals surface area contributed by atoms with Gasteiger partial charge in [-0.25, -0.2) is 13.4 Å². The van der Waals surface area contributed by atoms with E-state index in [-0.39, 0.29) is 47.9 Å². The van der Waals surface area contributed by atoms with Crippen molar-refractivity contribution in [2.45, 2.75) is 30.9 Å². The van der Waals surface area contributed by atoms with Crippen LogP contribution in [0.15, 0.2) is 47.5 Å². The van der Waals surface area contributed by atoms with Gasteiger partial charge in [0.25, 0.3) is 5.91 Å².